The van der Waals surface area contributed by atoms with Crippen LogP contribution in [-0.2, 0) is 24.0 Å². The van der Waals surface area contributed by atoms with E-state index in [1.54, 1.807) is 0 Å². The number of carbonyl (C=O) groups is 5. The van der Waals surface area contributed by atoms with E-state index in [0.717, 1.165) is 12.2 Å². The standard InChI is InChI=1S/C12H10O9/c13-4-6-2-1-5(3-7(6)14)8(15)12(21,11(19)20)9(16)10(17)18/h1-4,6,9,16,21H,(H,17,18)(H,19,20). The molecular weight excluding hydrogens is 288 g/mol. The van der Waals surface area contributed by atoms with Crippen LogP contribution in [0.25, 0.3) is 0 Å². The van der Waals surface area contributed by atoms with Gasteiger partial charge in [0.1, 0.15) is 6.29 Å². The molecule has 21 heavy (non-hydrogen) atoms. The molecule has 0 aromatic rings. The summed E-state index contributed by atoms with van der Waals surface area (Å²) in [6.07, 6.45) is -0.171. The minimum Gasteiger partial charge on any atom is -0.479 e. The Morgan fingerprint density at radius 3 is 2.24 bits per heavy atom. The second-order valence-electron chi connectivity index (χ2n) is 4.16. The molecule has 0 aromatic carbocycles. The van der Waals surface area contributed by atoms with Crippen LogP contribution in [0.4, 0.5) is 0 Å². The molecule has 1 rings (SSSR count). The number of hydrogen-bond donors (Lipinski definition) is 4. The summed E-state index contributed by atoms with van der Waals surface area (Å²) in [7, 11) is 0. The molecule has 0 heterocycles. The highest BCUT2D eigenvalue weighted by Gasteiger charge is 2.55. The molecule has 3 atom stereocenters. The number of carbonyl (C=O) groups excluding carboxylic acids is 3. The van der Waals surface area contributed by atoms with E-state index in [9.17, 15) is 34.2 Å². The molecule has 0 saturated carbocycles. The summed E-state index contributed by atoms with van der Waals surface area (Å²) in [6, 6.07) is 0. The Morgan fingerprint density at radius 2 is 1.86 bits per heavy atom. The van der Waals surface area contributed by atoms with Crippen molar-refractivity contribution >= 4 is 29.8 Å². The van der Waals surface area contributed by atoms with Crippen LogP contribution >= 0.6 is 0 Å². The fourth-order valence-electron chi connectivity index (χ4n) is 1.59. The summed E-state index contributed by atoms with van der Waals surface area (Å²) >= 11 is 0. The Kier molecular flexibility index (Phi) is 4.51. The van der Waals surface area contributed by atoms with Crippen molar-refractivity contribution in [3.05, 3.63) is 23.8 Å². The van der Waals surface area contributed by atoms with Gasteiger partial charge in [-0.15, -0.1) is 0 Å². The van der Waals surface area contributed by atoms with Gasteiger partial charge >= 0.3 is 11.9 Å². The number of aliphatic hydroxyl groups excluding tert-OH is 1. The highest BCUT2D eigenvalue weighted by molar-refractivity contribution is 6.21. The number of aliphatic hydroxyl groups is 2. The molecule has 9 nitrogen and oxygen atoms in total. The molecule has 0 spiro atoms. The van der Waals surface area contributed by atoms with Gasteiger partial charge < -0.3 is 25.2 Å². The lowest BCUT2D eigenvalue weighted by atomic mass is 9.84. The van der Waals surface area contributed by atoms with Gasteiger partial charge in [-0.2, -0.15) is 0 Å². The van der Waals surface area contributed by atoms with Crippen LogP contribution in [0.2, 0.25) is 0 Å². The van der Waals surface area contributed by atoms with Gasteiger partial charge in [-0.1, -0.05) is 12.2 Å². The predicted octanol–water partition coefficient (Wildman–Crippen LogP) is -2.30. The molecule has 9 heteroatoms. The number of Topliss-reactive ketones (excluding diaryl/α,β-unsaturated/α-hetero) is 1. The highest BCUT2D eigenvalue weighted by atomic mass is 16.4. The van der Waals surface area contributed by atoms with Gasteiger partial charge in [0, 0.05) is 5.57 Å². The summed E-state index contributed by atoms with van der Waals surface area (Å²) in [6.45, 7) is 0. The largest absolute Gasteiger partial charge is 0.479 e. The minimum absolute atomic E-state index is 0.284. The van der Waals surface area contributed by atoms with Crippen molar-refractivity contribution in [3.8, 4) is 0 Å². The molecule has 0 radical (unpaired) electrons. The quantitative estimate of drug-likeness (QED) is 0.311. The van der Waals surface area contributed by atoms with Crippen LogP contribution in [0.3, 0.4) is 0 Å². The maximum Gasteiger partial charge on any atom is 0.347 e. The van der Waals surface area contributed by atoms with E-state index < -0.39 is 46.7 Å². The number of aliphatic carboxylic acids is 2. The smallest absolute Gasteiger partial charge is 0.347 e. The Hall–Kier alpha value is -2.65. The third kappa shape index (κ3) is 2.78. The van der Waals surface area contributed by atoms with E-state index in [0.29, 0.717) is 6.08 Å². The van der Waals surface area contributed by atoms with E-state index in [4.69, 9.17) is 10.2 Å². The fraction of sp³-hybridized carbons (Fsp3) is 0.250. The van der Waals surface area contributed by atoms with Gasteiger partial charge in [0.15, 0.2) is 11.9 Å². The third-order valence-electron chi connectivity index (χ3n) is 2.82. The molecule has 0 amide bonds. The van der Waals surface area contributed by atoms with Crippen molar-refractivity contribution in [1.82, 2.24) is 0 Å². The molecule has 0 fully saturated rings. The average Bonchev–Trinajstić information content (AvgIpc) is 2.44. The van der Waals surface area contributed by atoms with Gasteiger partial charge in [-0.25, -0.2) is 9.59 Å². The third-order valence-corrected chi connectivity index (χ3v) is 2.82. The predicted molar refractivity (Wildman–Crippen MR) is 63.0 cm³/mol. The van der Waals surface area contributed by atoms with E-state index in [1.165, 1.54) is 0 Å². The topological polar surface area (TPSA) is 166 Å². The van der Waals surface area contributed by atoms with Crippen LogP contribution in [0, 0.1) is 5.92 Å². The molecule has 1 aliphatic carbocycles. The normalized spacial score (nSPS) is 21.9. The second kappa shape index (κ2) is 5.77. The number of carboxylic acids is 2. The van der Waals surface area contributed by atoms with Crippen LogP contribution < -0.4 is 0 Å². The Morgan fingerprint density at radius 1 is 1.29 bits per heavy atom. The van der Waals surface area contributed by atoms with Gasteiger partial charge in [-0.05, 0) is 6.08 Å². The zero-order chi connectivity index (χ0) is 16.4. The molecule has 3 unspecified atom stereocenters. The number of rotatable bonds is 6. The van der Waals surface area contributed by atoms with Gasteiger partial charge in [0.2, 0.25) is 5.78 Å². The lowest BCUT2D eigenvalue weighted by Gasteiger charge is -2.25. The number of ketones is 2. The van der Waals surface area contributed by atoms with E-state index in [2.05, 4.69) is 0 Å². The lowest BCUT2D eigenvalue weighted by Crippen LogP contribution is -2.59. The van der Waals surface area contributed by atoms with Crippen LogP contribution in [-0.4, -0.2) is 61.9 Å². The second-order valence-corrected chi connectivity index (χ2v) is 4.16. The first-order valence-electron chi connectivity index (χ1n) is 5.46. The maximum absolute atomic E-state index is 11.9. The Balaban J connectivity index is 3.24. The van der Waals surface area contributed by atoms with Crippen molar-refractivity contribution in [1.29, 1.82) is 0 Å². The van der Waals surface area contributed by atoms with Gasteiger partial charge in [0.25, 0.3) is 5.60 Å². The summed E-state index contributed by atoms with van der Waals surface area (Å²) in [4.78, 5) is 55.4. The molecule has 112 valence electrons. The van der Waals surface area contributed by atoms with Gasteiger partial charge in [0.05, 0.1) is 5.92 Å². The molecule has 0 aromatic heterocycles. The molecular formula is C12H10O9. The average molecular weight is 298 g/mol. The number of aldehydes is 1. The first-order chi connectivity index (χ1) is 9.66. The first-order valence-corrected chi connectivity index (χ1v) is 5.46. The van der Waals surface area contributed by atoms with Crippen molar-refractivity contribution in [3.63, 3.8) is 0 Å². The van der Waals surface area contributed by atoms with Crippen LogP contribution in [0.5, 0.6) is 0 Å². The first kappa shape index (κ1) is 16.4. The molecule has 0 saturated heterocycles. The molecule has 0 bridgehead atoms. The lowest BCUT2D eigenvalue weighted by molar-refractivity contribution is -0.185. The van der Waals surface area contributed by atoms with Crippen molar-refractivity contribution in [2.24, 2.45) is 5.92 Å². The zero-order valence-corrected chi connectivity index (χ0v) is 10.3. The van der Waals surface area contributed by atoms with Crippen LogP contribution in [0.1, 0.15) is 0 Å². The van der Waals surface area contributed by atoms with E-state index in [1.807, 2.05) is 0 Å². The van der Waals surface area contributed by atoms with Crippen molar-refractivity contribution in [2.75, 3.05) is 0 Å². The van der Waals surface area contributed by atoms with Crippen molar-refractivity contribution in [2.45, 2.75) is 11.7 Å². The zero-order valence-electron chi connectivity index (χ0n) is 10.3. The van der Waals surface area contributed by atoms with Gasteiger partial charge in [-0.3, -0.25) is 9.59 Å². The SMILES string of the molecule is O=CC1C=CC(C(=O)C(O)(C(=O)O)C(O)C(=O)O)=CC1=O. The fourth-order valence-corrected chi connectivity index (χ4v) is 1.59. The molecule has 4 N–H and O–H groups in total. The molecule has 1 aliphatic rings. The summed E-state index contributed by atoms with van der Waals surface area (Å²) < 4.78 is 0. The van der Waals surface area contributed by atoms with Crippen molar-refractivity contribution < 1.29 is 44.4 Å². The number of carboxylic acid groups (broad SMARTS) is 2. The summed E-state index contributed by atoms with van der Waals surface area (Å²) in [5.41, 5.74) is -4.29. The maximum atomic E-state index is 11.9. The number of hydrogen-bond acceptors (Lipinski definition) is 7. The van der Waals surface area contributed by atoms with E-state index in [-0.39, 0.29) is 6.29 Å². The highest BCUT2D eigenvalue weighted by Crippen LogP contribution is 2.22. The van der Waals surface area contributed by atoms with Crippen LogP contribution in [0.15, 0.2) is 23.8 Å². The number of allylic oxidation sites excluding steroid dienone is 3. The Labute approximate surface area is 116 Å². The Bertz CT molecular complexity index is 586. The minimum atomic E-state index is -3.66. The van der Waals surface area contributed by atoms with E-state index >= 15 is 0 Å². The summed E-state index contributed by atoms with van der Waals surface area (Å²) in [5, 5.41) is 36.4. The molecule has 0 aliphatic heterocycles. The monoisotopic (exact) mass is 298 g/mol. The summed E-state index contributed by atoms with van der Waals surface area (Å²) in [5.74, 6) is -8.09.